The lowest BCUT2D eigenvalue weighted by Crippen LogP contribution is -2.59. The zero-order valence-electron chi connectivity index (χ0n) is 8.45. The van der Waals surface area contributed by atoms with E-state index in [4.69, 9.17) is 0 Å². The van der Waals surface area contributed by atoms with Crippen molar-refractivity contribution in [1.82, 2.24) is 0 Å². The van der Waals surface area contributed by atoms with E-state index < -0.39 is 22.1 Å². The van der Waals surface area contributed by atoms with Gasteiger partial charge in [0.05, 0.1) is 0 Å². The molecule has 0 radical (unpaired) electrons. The fraction of sp³-hybridized carbons (Fsp3) is 1.00. The molecular weight excluding hydrogens is 353 g/mol. The quantitative estimate of drug-likeness (QED) is 0.567. The SMILES string of the molecule is C[Si]12S[Si]3(C)S[Si](C)(S1)S[Si](C)(S2)S3. The van der Waals surface area contributed by atoms with Gasteiger partial charge in [0.2, 0.25) is 22.1 Å². The average molecular weight is 365 g/mol. The van der Waals surface area contributed by atoms with Crippen LogP contribution in [-0.4, -0.2) is 22.1 Å². The van der Waals surface area contributed by atoms with Crippen LogP contribution >= 0.6 is 64.0 Å². The minimum atomic E-state index is -0.944. The molecule has 0 aromatic rings. The number of hydrogen-bond donors (Lipinski definition) is 0. The molecular formula is C4H12S6Si4. The molecule has 4 bridgehead atoms. The minimum Gasteiger partial charge on any atom is -0.164 e. The Kier molecular flexibility index (Phi) is 2.83. The molecule has 0 nitrogen and oxygen atoms in total. The van der Waals surface area contributed by atoms with Crippen LogP contribution in [0.25, 0.3) is 0 Å². The van der Waals surface area contributed by atoms with E-state index in [1.807, 2.05) is 0 Å². The molecule has 0 aromatic heterocycles. The first-order chi connectivity index (χ1) is 6.24. The van der Waals surface area contributed by atoms with Gasteiger partial charge in [0.25, 0.3) is 0 Å². The Hall–Kier alpha value is 2.97. The normalized spacial score (nSPS) is 66.0. The zero-order chi connectivity index (χ0) is 10.2. The molecule has 0 aromatic carbocycles. The van der Waals surface area contributed by atoms with Gasteiger partial charge in [-0.3, -0.25) is 0 Å². The molecule has 4 heterocycles. The van der Waals surface area contributed by atoms with E-state index in [0.29, 0.717) is 0 Å². The van der Waals surface area contributed by atoms with E-state index in [-0.39, 0.29) is 0 Å². The second-order valence-corrected chi connectivity index (χ2v) is 65.6. The second-order valence-electron chi connectivity index (χ2n) is 4.06. The molecule has 0 spiro atoms. The van der Waals surface area contributed by atoms with Crippen LogP contribution in [0.15, 0.2) is 0 Å². The smallest absolute Gasteiger partial charge is 0.164 e. The van der Waals surface area contributed by atoms with Crippen molar-refractivity contribution < 1.29 is 0 Å². The van der Waals surface area contributed by atoms with Gasteiger partial charge in [0.15, 0.2) is 0 Å². The Morgan fingerprint density at radius 1 is 0.429 bits per heavy atom. The van der Waals surface area contributed by atoms with Gasteiger partial charge in [-0.15, -0.1) is 0 Å². The maximum absolute atomic E-state index is 2.65. The van der Waals surface area contributed by atoms with Crippen molar-refractivity contribution in [2.75, 3.05) is 0 Å². The van der Waals surface area contributed by atoms with Crippen LogP contribution in [0.4, 0.5) is 0 Å². The van der Waals surface area contributed by atoms with Gasteiger partial charge in [-0.1, -0.05) is 0 Å². The van der Waals surface area contributed by atoms with E-state index in [1.54, 1.807) is 0 Å². The highest BCUT2D eigenvalue weighted by molar-refractivity contribution is 9.35. The first-order valence-corrected chi connectivity index (χ1v) is 28.0. The van der Waals surface area contributed by atoms with Crippen molar-refractivity contribution >= 4 is 86.1 Å². The van der Waals surface area contributed by atoms with Gasteiger partial charge in [-0.2, -0.15) is 64.0 Å². The first kappa shape index (κ1) is 12.0. The summed E-state index contributed by atoms with van der Waals surface area (Å²) < 4.78 is 0. The van der Waals surface area contributed by atoms with Crippen LogP contribution in [0.1, 0.15) is 0 Å². The third kappa shape index (κ3) is 1.92. The lowest BCUT2D eigenvalue weighted by Gasteiger charge is -2.61. The standard InChI is InChI=1S/C4H12S6Si4/c1-11-5-12(2)8-13(3,6-11)10-14(4,7-11)9-12/h1-4H3. The Labute approximate surface area is 111 Å². The molecule has 0 unspecified atom stereocenters. The van der Waals surface area contributed by atoms with Crippen LogP contribution in [-0.2, 0) is 0 Å². The molecule has 4 fully saturated rings. The van der Waals surface area contributed by atoms with Crippen molar-refractivity contribution in [3.05, 3.63) is 0 Å². The summed E-state index contributed by atoms with van der Waals surface area (Å²) in [6, 6.07) is 0. The van der Waals surface area contributed by atoms with Gasteiger partial charge >= 0.3 is 0 Å². The van der Waals surface area contributed by atoms with Crippen molar-refractivity contribution in [2.45, 2.75) is 26.2 Å². The molecule has 0 saturated carbocycles. The summed E-state index contributed by atoms with van der Waals surface area (Å²) in [5.41, 5.74) is -3.78. The summed E-state index contributed by atoms with van der Waals surface area (Å²) in [6.45, 7) is 10.6. The molecule has 0 amide bonds. The topological polar surface area (TPSA) is 0 Å². The Bertz CT molecular complexity index is 215. The Balaban J connectivity index is 2.08. The first-order valence-electron chi connectivity index (χ1n) is 4.45. The highest BCUT2D eigenvalue weighted by Gasteiger charge is 2.70. The Morgan fingerprint density at radius 3 is 0.714 bits per heavy atom. The molecule has 0 atom stereocenters. The maximum Gasteiger partial charge on any atom is 0.222 e. The predicted octanol–water partition coefficient (Wildman–Crippen LogP) is 4.70. The summed E-state index contributed by atoms with van der Waals surface area (Å²) in [7, 11) is 15.0. The van der Waals surface area contributed by atoms with Crippen LogP contribution in [0, 0.1) is 0 Å². The molecule has 4 aliphatic heterocycles. The van der Waals surface area contributed by atoms with E-state index in [1.165, 1.54) is 0 Å². The van der Waals surface area contributed by atoms with Crippen molar-refractivity contribution in [3.63, 3.8) is 0 Å². The highest BCUT2D eigenvalue weighted by atomic mass is 33.2. The minimum absolute atomic E-state index is 0.944. The van der Waals surface area contributed by atoms with Gasteiger partial charge in [-0.25, -0.2) is 0 Å². The van der Waals surface area contributed by atoms with Gasteiger partial charge in [-0.05, 0) is 26.2 Å². The molecule has 0 N–H and O–H groups in total. The average Bonchev–Trinajstić information content (AvgIpc) is 1.67. The van der Waals surface area contributed by atoms with Crippen molar-refractivity contribution in [2.24, 2.45) is 0 Å². The molecule has 0 aliphatic carbocycles. The lowest BCUT2D eigenvalue weighted by molar-refractivity contribution is 2.27. The summed E-state index contributed by atoms with van der Waals surface area (Å²) in [5, 5.41) is 0. The van der Waals surface area contributed by atoms with Gasteiger partial charge < -0.3 is 0 Å². The molecule has 14 heavy (non-hydrogen) atoms. The fourth-order valence-electron chi connectivity index (χ4n) is 2.27. The number of hydrogen-bond acceptors (Lipinski definition) is 6. The van der Waals surface area contributed by atoms with Crippen LogP contribution in [0.3, 0.4) is 0 Å². The fourth-order valence-corrected chi connectivity index (χ4v) is 257. The Morgan fingerprint density at radius 2 is 0.571 bits per heavy atom. The molecule has 4 rings (SSSR count). The van der Waals surface area contributed by atoms with E-state index in [9.17, 15) is 0 Å². The van der Waals surface area contributed by atoms with Gasteiger partial charge in [0.1, 0.15) is 0 Å². The summed E-state index contributed by atoms with van der Waals surface area (Å²) in [6.07, 6.45) is 0. The van der Waals surface area contributed by atoms with E-state index in [0.717, 1.165) is 0 Å². The van der Waals surface area contributed by atoms with Crippen molar-refractivity contribution in [1.29, 1.82) is 0 Å². The van der Waals surface area contributed by atoms with Gasteiger partial charge in [0, 0.05) is 0 Å². The molecule has 4 saturated heterocycles. The maximum atomic E-state index is 2.65. The predicted molar refractivity (Wildman–Crippen MR) is 92.0 cm³/mol. The molecule has 4 aliphatic rings. The largest absolute Gasteiger partial charge is 0.222 e. The number of rotatable bonds is 0. The van der Waals surface area contributed by atoms with Crippen LogP contribution < -0.4 is 0 Å². The molecule has 80 valence electrons. The third-order valence-corrected chi connectivity index (χ3v) is 114. The van der Waals surface area contributed by atoms with E-state index in [2.05, 4.69) is 90.2 Å². The summed E-state index contributed by atoms with van der Waals surface area (Å²) in [4.78, 5) is 0. The van der Waals surface area contributed by atoms with Crippen LogP contribution in [0.5, 0.6) is 0 Å². The van der Waals surface area contributed by atoms with E-state index >= 15 is 0 Å². The lowest BCUT2D eigenvalue weighted by atomic mass is 11.9. The zero-order valence-corrected chi connectivity index (χ0v) is 17.3. The third-order valence-electron chi connectivity index (χ3n) is 2.22. The highest BCUT2D eigenvalue weighted by Crippen LogP contribution is 2.81. The monoisotopic (exact) mass is 364 g/mol. The molecule has 10 heteroatoms. The summed E-state index contributed by atoms with van der Waals surface area (Å²) >= 11 is 0. The van der Waals surface area contributed by atoms with Crippen LogP contribution in [0.2, 0.25) is 26.2 Å². The summed E-state index contributed by atoms with van der Waals surface area (Å²) in [5.74, 6) is 0. The second kappa shape index (κ2) is 3.29. The van der Waals surface area contributed by atoms with Crippen molar-refractivity contribution in [3.8, 4) is 0 Å².